The van der Waals surface area contributed by atoms with Crippen LogP contribution < -0.4 is 0 Å². The minimum absolute atomic E-state index is 0.0299. The molecule has 0 atom stereocenters. The largest absolute Gasteiger partial charge is 0.476 e. The van der Waals surface area contributed by atoms with Crippen molar-refractivity contribution in [1.29, 1.82) is 0 Å². The van der Waals surface area contributed by atoms with Crippen LogP contribution in [0.2, 0.25) is 0 Å². The average molecular weight is 244 g/mol. The van der Waals surface area contributed by atoms with Crippen LogP contribution >= 0.6 is 0 Å². The van der Waals surface area contributed by atoms with Gasteiger partial charge in [0.1, 0.15) is 18.5 Å². The van der Waals surface area contributed by atoms with Crippen LogP contribution in [-0.4, -0.2) is 40.2 Å². The number of hydrogen-bond acceptors (Lipinski definition) is 5. The van der Waals surface area contributed by atoms with Gasteiger partial charge in [-0.2, -0.15) is 14.6 Å². The third-order valence-corrected chi connectivity index (χ3v) is 2.43. The Bertz CT molecular complexity index is 744. The maximum atomic E-state index is 10.8. The number of carbonyl (C=O) groups is 1. The van der Waals surface area contributed by atoms with E-state index in [1.54, 1.807) is 10.6 Å². The second-order valence-corrected chi connectivity index (χ2v) is 3.70. The fourth-order valence-electron chi connectivity index (χ4n) is 1.65. The van der Waals surface area contributed by atoms with Crippen molar-refractivity contribution in [3.05, 3.63) is 36.3 Å². The van der Waals surface area contributed by atoms with E-state index in [4.69, 9.17) is 5.11 Å². The molecular formula is C10H8N6O2. The lowest BCUT2D eigenvalue weighted by Crippen LogP contribution is -2.04. The maximum absolute atomic E-state index is 10.8. The molecule has 0 saturated heterocycles. The van der Waals surface area contributed by atoms with Gasteiger partial charge in [0.25, 0.3) is 5.78 Å². The lowest BCUT2D eigenvalue weighted by molar-refractivity contribution is 0.0691. The Morgan fingerprint density at radius 3 is 2.94 bits per heavy atom. The van der Waals surface area contributed by atoms with Crippen molar-refractivity contribution < 1.29 is 9.90 Å². The third-order valence-electron chi connectivity index (χ3n) is 2.43. The van der Waals surface area contributed by atoms with Crippen molar-refractivity contribution in [2.75, 3.05) is 0 Å². The van der Waals surface area contributed by atoms with E-state index in [9.17, 15) is 4.79 Å². The van der Waals surface area contributed by atoms with Gasteiger partial charge in [0, 0.05) is 18.0 Å². The Labute approximate surface area is 101 Å². The minimum Gasteiger partial charge on any atom is -0.476 e. The highest BCUT2D eigenvalue weighted by Crippen LogP contribution is 2.11. The summed E-state index contributed by atoms with van der Waals surface area (Å²) in [6.07, 6.45) is 4.22. The first kappa shape index (κ1) is 10.4. The van der Waals surface area contributed by atoms with Gasteiger partial charge in [-0.1, -0.05) is 0 Å². The van der Waals surface area contributed by atoms with E-state index in [0.717, 1.165) is 5.69 Å². The molecule has 3 rings (SSSR count). The molecule has 8 heteroatoms. The molecule has 0 aliphatic carbocycles. The molecule has 0 radical (unpaired) electrons. The fourth-order valence-corrected chi connectivity index (χ4v) is 1.65. The second-order valence-electron chi connectivity index (χ2n) is 3.70. The Balaban J connectivity index is 2.23. The van der Waals surface area contributed by atoms with Crippen LogP contribution in [0.15, 0.2) is 24.9 Å². The molecule has 0 aliphatic heterocycles. The summed E-state index contributed by atoms with van der Waals surface area (Å²) in [7, 11) is 0. The van der Waals surface area contributed by atoms with Gasteiger partial charge in [0.2, 0.25) is 0 Å². The highest BCUT2D eigenvalue weighted by Gasteiger charge is 2.11. The number of aromatic carboxylic acids is 1. The molecule has 18 heavy (non-hydrogen) atoms. The number of fused-ring (bicyclic) bond motifs is 1. The molecule has 0 saturated carbocycles. The van der Waals surface area contributed by atoms with Gasteiger partial charge >= 0.3 is 5.97 Å². The summed E-state index contributed by atoms with van der Waals surface area (Å²) in [5.74, 6) is 0.0138. The minimum atomic E-state index is -1.07. The number of imidazole rings is 1. The van der Waals surface area contributed by atoms with E-state index in [1.807, 2.05) is 6.92 Å². The van der Waals surface area contributed by atoms with Crippen molar-refractivity contribution in [3.63, 3.8) is 0 Å². The van der Waals surface area contributed by atoms with Gasteiger partial charge < -0.3 is 5.11 Å². The van der Waals surface area contributed by atoms with Crippen LogP contribution in [0.3, 0.4) is 0 Å². The van der Waals surface area contributed by atoms with Crippen LogP contribution in [0.4, 0.5) is 0 Å². The Hall–Kier alpha value is -2.77. The van der Waals surface area contributed by atoms with Crippen molar-refractivity contribution in [3.8, 4) is 5.82 Å². The molecule has 8 nitrogen and oxygen atoms in total. The Morgan fingerprint density at radius 1 is 1.39 bits per heavy atom. The molecule has 0 unspecified atom stereocenters. The monoisotopic (exact) mass is 244 g/mol. The first-order valence-corrected chi connectivity index (χ1v) is 5.10. The van der Waals surface area contributed by atoms with Gasteiger partial charge in [-0.15, -0.1) is 0 Å². The smallest absolute Gasteiger partial charge is 0.356 e. The van der Waals surface area contributed by atoms with E-state index in [0.29, 0.717) is 11.6 Å². The van der Waals surface area contributed by atoms with Gasteiger partial charge in [-0.3, -0.25) is 4.57 Å². The molecular weight excluding hydrogens is 236 g/mol. The third kappa shape index (κ3) is 1.51. The van der Waals surface area contributed by atoms with E-state index >= 15 is 0 Å². The standard InChI is InChI=1S/C10H8N6O2/c1-6-2-8(16-10(14-6)11-4-13-16)15-3-7(9(17)18)12-5-15/h2-5H,1H3,(H,17,18). The first-order chi connectivity index (χ1) is 8.65. The van der Waals surface area contributed by atoms with Crippen LogP contribution in [0, 0.1) is 6.92 Å². The topological polar surface area (TPSA) is 98.2 Å². The average Bonchev–Trinajstić information content (AvgIpc) is 2.95. The summed E-state index contributed by atoms with van der Waals surface area (Å²) in [5.41, 5.74) is 0.730. The van der Waals surface area contributed by atoms with Crippen molar-refractivity contribution in [1.82, 2.24) is 29.1 Å². The quantitative estimate of drug-likeness (QED) is 0.696. The van der Waals surface area contributed by atoms with Gasteiger partial charge in [0.05, 0.1) is 0 Å². The summed E-state index contributed by atoms with van der Waals surface area (Å²) >= 11 is 0. The number of aromatic nitrogens is 6. The number of rotatable bonds is 2. The second kappa shape index (κ2) is 3.62. The van der Waals surface area contributed by atoms with Gasteiger partial charge in [-0.05, 0) is 6.92 Å². The molecule has 3 heterocycles. The van der Waals surface area contributed by atoms with E-state index in [-0.39, 0.29) is 5.69 Å². The van der Waals surface area contributed by atoms with Crippen molar-refractivity contribution in [2.24, 2.45) is 0 Å². The predicted molar refractivity (Wildman–Crippen MR) is 59.6 cm³/mol. The highest BCUT2D eigenvalue weighted by atomic mass is 16.4. The summed E-state index contributed by atoms with van der Waals surface area (Å²) in [4.78, 5) is 22.8. The molecule has 0 spiro atoms. The van der Waals surface area contributed by atoms with Crippen LogP contribution in [0.5, 0.6) is 0 Å². The zero-order valence-electron chi connectivity index (χ0n) is 9.35. The summed E-state index contributed by atoms with van der Waals surface area (Å²) in [6.45, 7) is 1.83. The van der Waals surface area contributed by atoms with Gasteiger partial charge in [0.15, 0.2) is 5.69 Å². The molecule has 0 bridgehead atoms. The van der Waals surface area contributed by atoms with Crippen LogP contribution in [0.25, 0.3) is 11.6 Å². The molecule has 0 aliphatic rings. The number of aryl methyl sites for hydroxylation is 1. The summed E-state index contributed by atoms with van der Waals surface area (Å²) < 4.78 is 3.08. The first-order valence-electron chi connectivity index (χ1n) is 5.10. The van der Waals surface area contributed by atoms with Crippen molar-refractivity contribution in [2.45, 2.75) is 6.92 Å². The lowest BCUT2D eigenvalue weighted by atomic mass is 10.4. The van der Waals surface area contributed by atoms with Crippen LogP contribution in [-0.2, 0) is 0 Å². The SMILES string of the molecule is Cc1cc(-n2cnc(C(=O)O)c2)n2ncnc2n1. The fraction of sp³-hybridized carbons (Fsp3) is 0.100. The lowest BCUT2D eigenvalue weighted by Gasteiger charge is -2.04. The summed E-state index contributed by atoms with van der Waals surface area (Å²) in [6, 6.07) is 1.77. The van der Waals surface area contributed by atoms with E-state index in [1.165, 1.54) is 23.4 Å². The Morgan fingerprint density at radius 2 is 2.22 bits per heavy atom. The number of hydrogen-bond donors (Lipinski definition) is 1. The molecule has 1 N–H and O–H groups in total. The normalized spacial score (nSPS) is 10.9. The Kier molecular flexibility index (Phi) is 2.09. The van der Waals surface area contributed by atoms with E-state index < -0.39 is 5.97 Å². The highest BCUT2D eigenvalue weighted by molar-refractivity contribution is 5.85. The molecule has 0 fully saturated rings. The molecule has 3 aromatic heterocycles. The molecule has 0 aromatic carbocycles. The zero-order valence-corrected chi connectivity index (χ0v) is 9.35. The number of carboxylic acids is 1. The molecule has 3 aromatic rings. The number of nitrogens with zero attached hydrogens (tertiary/aromatic N) is 6. The zero-order chi connectivity index (χ0) is 12.7. The summed E-state index contributed by atoms with van der Waals surface area (Å²) in [5, 5.41) is 12.9. The molecule has 90 valence electrons. The number of carboxylic acid groups (broad SMARTS) is 1. The van der Waals surface area contributed by atoms with E-state index in [2.05, 4.69) is 20.1 Å². The van der Waals surface area contributed by atoms with Crippen LogP contribution in [0.1, 0.15) is 16.2 Å². The van der Waals surface area contributed by atoms with Gasteiger partial charge in [-0.25, -0.2) is 14.8 Å². The maximum Gasteiger partial charge on any atom is 0.356 e. The van der Waals surface area contributed by atoms with Crippen molar-refractivity contribution >= 4 is 11.7 Å². The predicted octanol–water partition coefficient (Wildman–Crippen LogP) is 0.317. The molecule has 0 amide bonds.